The fourth-order valence-electron chi connectivity index (χ4n) is 3.97. The quantitative estimate of drug-likeness (QED) is 0.425. The molecule has 0 saturated carbocycles. The van der Waals surface area contributed by atoms with Gasteiger partial charge in [-0.25, -0.2) is 0 Å². The smallest absolute Gasteiger partial charge is 0.274 e. The molecule has 0 spiro atoms. The van der Waals surface area contributed by atoms with Crippen molar-refractivity contribution in [2.24, 2.45) is 5.92 Å². The second kappa shape index (κ2) is 9.78. The largest absolute Gasteiger partial charge is 0.497 e. The lowest BCUT2D eigenvalue weighted by Gasteiger charge is -2.31. The summed E-state index contributed by atoms with van der Waals surface area (Å²) >= 11 is 0. The molecule has 0 bridgehead atoms. The Morgan fingerprint density at radius 2 is 2.09 bits per heavy atom. The van der Waals surface area contributed by atoms with Gasteiger partial charge < -0.3 is 14.6 Å². The van der Waals surface area contributed by atoms with Crippen molar-refractivity contribution in [2.75, 3.05) is 25.5 Å². The summed E-state index contributed by atoms with van der Waals surface area (Å²) in [6.07, 6.45) is 1.60. The summed E-state index contributed by atoms with van der Waals surface area (Å²) in [6, 6.07) is 12.1. The number of piperidine rings is 1. The Hall–Kier alpha value is -3.79. The van der Waals surface area contributed by atoms with Gasteiger partial charge in [0.1, 0.15) is 5.75 Å². The van der Waals surface area contributed by atoms with Crippen molar-refractivity contribution >= 4 is 17.3 Å². The van der Waals surface area contributed by atoms with E-state index >= 15 is 0 Å². The number of nitrogens with zero attached hydrogens (tertiary/aromatic N) is 4. The number of nitrogens with one attached hydrogen (secondary N) is 1. The third-order valence-electron chi connectivity index (χ3n) is 5.81. The van der Waals surface area contributed by atoms with E-state index in [9.17, 15) is 14.9 Å². The summed E-state index contributed by atoms with van der Waals surface area (Å²) in [5, 5.41) is 18.1. The molecule has 10 heteroatoms. The molecular weight excluding hydrogens is 426 g/mol. The van der Waals surface area contributed by atoms with Crippen LogP contribution in [0, 0.1) is 23.0 Å². The number of aromatic nitrogens is 2. The number of ether oxygens (including phenoxy) is 1. The van der Waals surface area contributed by atoms with Crippen LogP contribution in [0.15, 0.2) is 47.0 Å². The van der Waals surface area contributed by atoms with Crippen LogP contribution in [-0.4, -0.2) is 46.1 Å². The number of benzene rings is 2. The number of carbonyl (C=O) groups excluding carboxylic acids is 1. The maximum atomic E-state index is 12.9. The molecule has 10 nitrogen and oxygen atoms in total. The van der Waals surface area contributed by atoms with E-state index in [2.05, 4.69) is 20.4 Å². The van der Waals surface area contributed by atoms with Gasteiger partial charge in [-0.1, -0.05) is 11.2 Å². The zero-order valence-corrected chi connectivity index (χ0v) is 18.5. The van der Waals surface area contributed by atoms with Crippen LogP contribution < -0.4 is 10.1 Å². The Balaban J connectivity index is 1.38. The molecule has 1 aliphatic heterocycles. The number of methoxy groups -OCH3 is 1. The Morgan fingerprint density at radius 1 is 1.30 bits per heavy atom. The fraction of sp³-hybridized carbons (Fsp3) is 0.348. The molecule has 2 aromatic carbocycles. The van der Waals surface area contributed by atoms with Gasteiger partial charge in [0.15, 0.2) is 0 Å². The van der Waals surface area contributed by atoms with Crippen LogP contribution in [0.4, 0.5) is 11.4 Å². The highest BCUT2D eigenvalue weighted by Crippen LogP contribution is 2.27. The lowest BCUT2D eigenvalue weighted by atomic mass is 9.97. The molecule has 1 aliphatic rings. The third-order valence-corrected chi connectivity index (χ3v) is 5.81. The minimum absolute atomic E-state index is 0.0119. The SMILES string of the molecule is COc1ccc(-c2noc(CN3CCCC(C(=O)Nc4cccc([N+](=O)[O-])c4C)C3)n2)cc1. The number of rotatable bonds is 7. The Kier molecular flexibility index (Phi) is 6.64. The van der Waals surface area contributed by atoms with E-state index in [4.69, 9.17) is 9.26 Å². The summed E-state index contributed by atoms with van der Waals surface area (Å²) in [7, 11) is 1.61. The van der Waals surface area contributed by atoms with Gasteiger partial charge in [-0.2, -0.15) is 4.98 Å². The van der Waals surface area contributed by atoms with E-state index in [0.717, 1.165) is 30.7 Å². The molecule has 0 radical (unpaired) electrons. The maximum absolute atomic E-state index is 12.9. The van der Waals surface area contributed by atoms with Crippen LogP contribution in [0.3, 0.4) is 0 Å². The molecule has 1 N–H and O–H groups in total. The standard InChI is InChI=1S/C23H25N5O5/c1-15-19(6-3-7-20(15)28(30)31)24-23(29)17-5-4-12-27(13-17)14-21-25-22(26-33-21)16-8-10-18(32-2)11-9-16/h3,6-11,17H,4-5,12-14H2,1-2H3,(H,24,29). The zero-order valence-electron chi connectivity index (χ0n) is 18.5. The van der Waals surface area contributed by atoms with Gasteiger partial charge in [-0.05, 0) is 56.6 Å². The van der Waals surface area contributed by atoms with Crippen molar-refractivity contribution in [3.63, 3.8) is 0 Å². The molecule has 1 aromatic heterocycles. The van der Waals surface area contributed by atoms with Crippen molar-refractivity contribution in [3.8, 4) is 17.1 Å². The van der Waals surface area contributed by atoms with Crippen molar-refractivity contribution in [1.82, 2.24) is 15.0 Å². The maximum Gasteiger partial charge on any atom is 0.274 e. The van der Waals surface area contributed by atoms with Crippen LogP contribution in [-0.2, 0) is 11.3 Å². The number of likely N-dealkylation sites (tertiary alicyclic amines) is 1. The molecule has 1 fully saturated rings. The average molecular weight is 451 g/mol. The molecule has 1 unspecified atom stereocenters. The third kappa shape index (κ3) is 5.17. The van der Waals surface area contributed by atoms with Gasteiger partial charge in [0, 0.05) is 18.2 Å². The minimum Gasteiger partial charge on any atom is -0.497 e. The molecule has 172 valence electrons. The normalized spacial score (nSPS) is 16.4. The van der Waals surface area contributed by atoms with E-state index in [1.54, 1.807) is 26.2 Å². The lowest BCUT2D eigenvalue weighted by molar-refractivity contribution is -0.385. The van der Waals surface area contributed by atoms with Gasteiger partial charge in [0.2, 0.25) is 17.6 Å². The summed E-state index contributed by atoms with van der Waals surface area (Å²) in [4.78, 5) is 30.2. The number of nitro benzene ring substituents is 1. The summed E-state index contributed by atoms with van der Waals surface area (Å²) in [6.45, 7) is 3.44. The molecule has 1 atom stereocenters. The molecule has 4 rings (SSSR count). The van der Waals surface area contributed by atoms with Crippen molar-refractivity contribution in [3.05, 3.63) is 64.0 Å². The monoisotopic (exact) mass is 451 g/mol. The first-order valence-electron chi connectivity index (χ1n) is 10.7. The Labute approximate surface area is 190 Å². The van der Waals surface area contributed by atoms with Crippen molar-refractivity contribution in [1.29, 1.82) is 0 Å². The zero-order chi connectivity index (χ0) is 23.4. The highest BCUT2D eigenvalue weighted by Gasteiger charge is 2.28. The van der Waals surface area contributed by atoms with E-state index < -0.39 is 4.92 Å². The predicted molar refractivity (Wildman–Crippen MR) is 121 cm³/mol. The van der Waals surface area contributed by atoms with E-state index in [1.165, 1.54) is 6.07 Å². The first-order valence-corrected chi connectivity index (χ1v) is 10.7. The van der Waals surface area contributed by atoms with Gasteiger partial charge in [-0.3, -0.25) is 19.8 Å². The van der Waals surface area contributed by atoms with Gasteiger partial charge in [0.05, 0.1) is 35.7 Å². The van der Waals surface area contributed by atoms with Gasteiger partial charge in [0.25, 0.3) is 5.69 Å². The number of amides is 1. The van der Waals surface area contributed by atoms with Crippen LogP contribution in [0.2, 0.25) is 0 Å². The van der Waals surface area contributed by atoms with E-state index in [-0.39, 0.29) is 17.5 Å². The van der Waals surface area contributed by atoms with Gasteiger partial charge >= 0.3 is 0 Å². The molecule has 1 amide bonds. The molecule has 0 aliphatic carbocycles. The Morgan fingerprint density at radius 3 is 2.82 bits per heavy atom. The average Bonchev–Trinajstić information content (AvgIpc) is 3.29. The van der Waals surface area contributed by atoms with Crippen LogP contribution in [0.25, 0.3) is 11.4 Å². The summed E-state index contributed by atoms with van der Waals surface area (Å²) < 4.78 is 10.6. The second-order valence-electron chi connectivity index (χ2n) is 8.01. The van der Waals surface area contributed by atoms with Gasteiger partial charge in [-0.15, -0.1) is 0 Å². The minimum atomic E-state index is -0.447. The molecule has 33 heavy (non-hydrogen) atoms. The van der Waals surface area contributed by atoms with Crippen molar-refractivity contribution in [2.45, 2.75) is 26.3 Å². The molecular formula is C23H25N5O5. The first kappa shape index (κ1) is 22.4. The topological polar surface area (TPSA) is 124 Å². The number of nitro groups is 1. The first-order chi connectivity index (χ1) is 15.9. The Bertz CT molecular complexity index is 1140. The van der Waals surface area contributed by atoms with E-state index in [1.807, 2.05) is 24.3 Å². The number of hydrogen-bond donors (Lipinski definition) is 1. The highest BCUT2D eigenvalue weighted by atomic mass is 16.6. The highest BCUT2D eigenvalue weighted by molar-refractivity contribution is 5.94. The van der Waals surface area contributed by atoms with E-state index in [0.29, 0.717) is 36.1 Å². The van der Waals surface area contributed by atoms with Crippen LogP contribution >= 0.6 is 0 Å². The fourth-order valence-corrected chi connectivity index (χ4v) is 3.97. The molecule has 2 heterocycles. The number of anilines is 1. The van der Waals surface area contributed by atoms with Crippen LogP contribution in [0.5, 0.6) is 5.75 Å². The molecule has 3 aromatic rings. The van der Waals surface area contributed by atoms with Crippen LogP contribution in [0.1, 0.15) is 24.3 Å². The summed E-state index contributed by atoms with van der Waals surface area (Å²) in [5.41, 5.74) is 1.73. The second-order valence-corrected chi connectivity index (χ2v) is 8.01. The lowest BCUT2D eigenvalue weighted by Crippen LogP contribution is -2.40. The number of carbonyl (C=O) groups is 1. The van der Waals surface area contributed by atoms with Crippen molar-refractivity contribution < 1.29 is 19.0 Å². The number of hydrogen-bond acceptors (Lipinski definition) is 8. The molecule has 1 saturated heterocycles. The summed E-state index contributed by atoms with van der Waals surface area (Å²) in [5.74, 6) is 1.35. The predicted octanol–water partition coefficient (Wildman–Crippen LogP) is 3.81.